The highest BCUT2D eigenvalue weighted by molar-refractivity contribution is 5.97. The quantitative estimate of drug-likeness (QED) is 0.256. The normalized spacial score (nSPS) is 25.7. The first-order valence-electron chi connectivity index (χ1n) is 31.4. The average molecular weight is 1240 g/mol. The van der Waals surface area contributed by atoms with Crippen LogP contribution < -0.4 is 21.3 Å². The van der Waals surface area contributed by atoms with Crippen molar-refractivity contribution in [2.24, 2.45) is 23.7 Å². The van der Waals surface area contributed by atoms with Crippen LogP contribution in [0.15, 0.2) is 24.3 Å². The molecule has 1 unspecified atom stereocenters. The minimum Gasteiger partial charge on any atom is -0.354 e. The maximum atomic E-state index is 14.6. The van der Waals surface area contributed by atoms with E-state index >= 15 is 0 Å². The molecule has 2 saturated heterocycles. The third-order valence-corrected chi connectivity index (χ3v) is 17.5. The van der Waals surface area contributed by atoms with Gasteiger partial charge in [0.15, 0.2) is 0 Å². The largest absolute Gasteiger partial charge is 0.416 e. The molecule has 25 heteroatoms. The molecule has 1 aliphatic carbocycles. The van der Waals surface area contributed by atoms with Crippen molar-refractivity contribution in [3.05, 3.63) is 35.4 Å². The van der Waals surface area contributed by atoms with Crippen molar-refractivity contribution in [1.29, 1.82) is 0 Å². The second-order valence-electron chi connectivity index (χ2n) is 25.5. The second kappa shape index (κ2) is 34.2. The lowest BCUT2D eigenvalue weighted by Gasteiger charge is -2.35. The van der Waals surface area contributed by atoms with Crippen LogP contribution in [-0.4, -0.2) is 217 Å². The number of fused-ring (bicyclic) bond motifs is 1. The van der Waals surface area contributed by atoms with E-state index in [4.69, 9.17) is 0 Å². The molecule has 3 aliphatic rings. The Balaban J connectivity index is 1.68. The summed E-state index contributed by atoms with van der Waals surface area (Å²) < 4.78 is 40.5. The van der Waals surface area contributed by atoms with E-state index in [0.29, 0.717) is 37.7 Å². The van der Waals surface area contributed by atoms with E-state index in [-0.39, 0.29) is 75.3 Å². The predicted molar refractivity (Wildman–Crippen MR) is 325 cm³/mol. The third-order valence-electron chi connectivity index (χ3n) is 17.5. The predicted octanol–water partition coefficient (Wildman–Crippen LogP) is 4.37. The molecule has 0 spiro atoms. The van der Waals surface area contributed by atoms with Gasteiger partial charge >= 0.3 is 6.18 Å². The van der Waals surface area contributed by atoms with Gasteiger partial charge in [0.25, 0.3) is 0 Å². The molecular formula is C63H100F3N11O11. The number of hydrogen-bond acceptors (Lipinski definition) is 11. The fraction of sp³-hybridized carbons (Fsp3) is 0.730. The van der Waals surface area contributed by atoms with E-state index < -0.39 is 139 Å². The summed E-state index contributed by atoms with van der Waals surface area (Å²) in [5.74, 6) is -6.89. The SMILES string of the molecule is CCC(C)[C@@H]1NC(=O)[C@H](CC(C)C)N(C)C(=O)C[C@@H](C)NC(=O)[C@H](C(C)C)N(C)C(=O)CCCCNC(=O)[C@@H]2CCCN2C(=O)[C@H](CCc2ccc(C(F)(F)F)cc2)NC(=O)CN(C)C(=O)[C@H](CC2CCCCC2)N(C)C(=O)CN(C)C(=O)CN(C)C1=O. The number of aryl methyl sites for hydroxylation is 1. The van der Waals surface area contributed by atoms with Gasteiger partial charge in [-0.1, -0.05) is 92.2 Å². The first kappa shape index (κ1) is 73.6. The highest BCUT2D eigenvalue weighted by Gasteiger charge is 2.41. The summed E-state index contributed by atoms with van der Waals surface area (Å²) in [6.07, 6.45) is 2.04. The summed E-state index contributed by atoms with van der Waals surface area (Å²) in [5.41, 5.74) is -0.414. The summed E-state index contributed by atoms with van der Waals surface area (Å²) >= 11 is 0. The maximum absolute atomic E-state index is 14.6. The number of halogens is 3. The number of rotatable bonds is 10. The van der Waals surface area contributed by atoms with Crippen LogP contribution in [0.1, 0.15) is 156 Å². The highest BCUT2D eigenvalue weighted by atomic mass is 19.4. The molecule has 8 atom stereocenters. The molecule has 2 heterocycles. The van der Waals surface area contributed by atoms with Gasteiger partial charge in [0, 0.05) is 74.3 Å². The van der Waals surface area contributed by atoms with Crippen molar-refractivity contribution in [2.45, 2.75) is 200 Å². The van der Waals surface area contributed by atoms with Crippen LogP contribution >= 0.6 is 0 Å². The number of likely N-dealkylation sites (N-methyl/N-ethyl adjacent to an activating group) is 6. The molecule has 1 aromatic rings. The molecule has 4 rings (SSSR count). The van der Waals surface area contributed by atoms with Crippen molar-refractivity contribution in [1.82, 2.24) is 55.6 Å². The lowest BCUT2D eigenvalue weighted by molar-refractivity contribution is -0.149. The Kier molecular flexibility index (Phi) is 28.6. The Morgan fingerprint density at radius 1 is 0.602 bits per heavy atom. The number of carbonyl (C=O) groups excluding carboxylic acids is 11. The Bertz CT molecular complexity index is 2580. The molecule has 88 heavy (non-hydrogen) atoms. The summed E-state index contributed by atoms with van der Waals surface area (Å²) in [7, 11) is 8.64. The van der Waals surface area contributed by atoms with Crippen LogP contribution in [0.3, 0.4) is 0 Å². The van der Waals surface area contributed by atoms with Crippen LogP contribution in [0.4, 0.5) is 13.2 Å². The molecule has 494 valence electrons. The van der Waals surface area contributed by atoms with Gasteiger partial charge in [0.1, 0.15) is 36.3 Å². The van der Waals surface area contributed by atoms with Crippen LogP contribution in [0.2, 0.25) is 0 Å². The van der Waals surface area contributed by atoms with Gasteiger partial charge in [-0.15, -0.1) is 0 Å². The topological polar surface area (TPSA) is 259 Å². The zero-order valence-corrected chi connectivity index (χ0v) is 54.3. The van der Waals surface area contributed by atoms with Crippen LogP contribution in [-0.2, 0) is 65.3 Å². The number of alkyl halides is 3. The van der Waals surface area contributed by atoms with E-state index in [1.54, 1.807) is 27.7 Å². The summed E-state index contributed by atoms with van der Waals surface area (Å²) in [6.45, 7) is 11.4. The molecule has 3 fully saturated rings. The molecule has 22 nitrogen and oxygen atoms in total. The summed E-state index contributed by atoms with van der Waals surface area (Å²) in [6, 6.07) is -2.68. The molecule has 0 bridgehead atoms. The van der Waals surface area contributed by atoms with E-state index in [0.717, 1.165) is 58.9 Å². The minimum absolute atomic E-state index is 0.0292. The van der Waals surface area contributed by atoms with Crippen molar-refractivity contribution < 1.29 is 65.9 Å². The Morgan fingerprint density at radius 3 is 1.82 bits per heavy atom. The monoisotopic (exact) mass is 1240 g/mol. The van der Waals surface area contributed by atoms with Crippen LogP contribution in [0.5, 0.6) is 0 Å². The van der Waals surface area contributed by atoms with Gasteiger partial charge in [0.2, 0.25) is 65.0 Å². The summed E-state index contributed by atoms with van der Waals surface area (Å²) in [4.78, 5) is 164. The smallest absolute Gasteiger partial charge is 0.354 e. The molecule has 2 aliphatic heterocycles. The lowest BCUT2D eigenvalue weighted by Crippen LogP contribution is -2.57. The zero-order chi connectivity index (χ0) is 65.9. The number of nitrogens with zero attached hydrogens (tertiary/aromatic N) is 7. The van der Waals surface area contributed by atoms with Crippen LogP contribution in [0.25, 0.3) is 0 Å². The average Bonchev–Trinajstić information content (AvgIpc) is 3.48. The first-order valence-corrected chi connectivity index (χ1v) is 31.4. The fourth-order valence-corrected chi connectivity index (χ4v) is 11.9. The lowest BCUT2D eigenvalue weighted by atomic mass is 9.84. The van der Waals surface area contributed by atoms with Gasteiger partial charge in [-0.3, -0.25) is 52.7 Å². The van der Waals surface area contributed by atoms with Gasteiger partial charge in [-0.2, -0.15) is 13.2 Å². The minimum atomic E-state index is -4.58. The van der Waals surface area contributed by atoms with Crippen molar-refractivity contribution in [3.63, 3.8) is 0 Å². The standard InChI is InChI=1S/C63H100F3N11O11/c1-14-41(6)55-62(88)73(10)37-53(81)71(8)38-54(82)75(12)49(35-44-21-16-15-17-22-44)61(87)72(9)36-50(78)69-46(30-27-43-25-28-45(29-26-43)63(64,65)66)60(86)77-32-20-23-47(77)57(83)67-31-19-18-24-51(79)76(13)56(40(4)5)59(85)68-42(7)34-52(80)74(11)48(33-39(2)3)58(84)70-55/h25-26,28-29,39-42,44,46-49,55-56H,14-24,27,30-38H2,1-13H3,(H,67,83)(H,68,85)(H,69,78)(H,70,84)/t41?,42-,46+,47+,48+,49+,55+,56+/m1/s1. The maximum Gasteiger partial charge on any atom is 0.416 e. The van der Waals surface area contributed by atoms with Crippen molar-refractivity contribution >= 4 is 65.0 Å². The van der Waals surface area contributed by atoms with Crippen molar-refractivity contribution in [3.8, 4) is 0 Å². The molecule has 11 amide bonds. The Hall–Kier alpha value is -6.82. The van der Waals surface area contributed by atoms with Gasteiger partial charge < -0.3 is 55.6 Å². The number of nitrogens with one attached hydrogen (secondary N) is 4. The number of hydrogen-bond donors (Lipinski definition) is 4. The van der Waals surface area contributed by atoms with Gasteiger partial charge in [0.05, 0.1) is 25.2 Å². The van der Waals surface area contributed by atoms with E-state index in [1.165, 1.54) is 74.0 Å². The third kappa shape index (κ3) is 21.5. The summed E-state index contributed by atoms with van der Waals surface area (Å²) in [5, 5.41) is 11.4. The van der Waals surface area contributed by atoms with E-state index in [9.17, 15) is 65.9 Å². The molecule has 0 aromatic heterocycles. The molecule has 4 N–H and O–H groups in total. The van der Waals surface area contributed by atoms with Gasteiger partial charge in [-0.05, 0) is 99.7 Å². The number of benzene rings is 1. The number of carbonyl (C=O) groups is 11. The second-order valence-corrected chi connectivity index (χ2v) is 25.5. The van der Waals surface area contributed by atoms with Gasteiger partial charge in [-0.25, -0.2) is 0 Å². The van der Waals surface area contributed by atoms with E-state index in [1.807, 2.05) is 20.8 Å². The fourth-order valence-electron chi connectivity index (χ4n) is 11.9. The first-order chi connectivity index (χ1) is 41.3. The molecule has 0 radical (unpaired) electrons. The van der Waals surface area contributed by atoms with Crippen molar-refractivity contribution in [2.75, 3.05) is 75.0 Å². The van der Waals surface area contributed by atoms with E-state index in [2.05, 4.69) is 21.3 Å². The zero-order valence-electron chi connectivity index (χ0n) is 54.3. The molecule has 1 saturated carbocycles. The molecule has 1 aromatic carbocycles. The molecular weight excluding hydrogens is 1140 g/mol. The Morgan fingerprint density at radius 2 is 1.22 bits per heavy atom. The van der Waals surface area contributed by atoms with Crippen LogP contribution in [0, 0.1) is 23.7 Å². The number of amides is 11. The highest BCUT2D eigenvalue weighted by Crippen LogP contribution is 2.31. The Labute approximate surface area is 518 Å².